The Bertz CT molecular complexity index is 313. The summed E-state index contributed by atoms with van der Waals surface area (Å²) < 4.78 is 0. The summed E-state index contributed by atoms with van der Waals surface area (Å²) in [7, 11) is 1.95. The topological polar surface area (TPSA) is 29.3 Å². The predicted molar refractivity (Wildman–Crippen MR) is 63.4 cm³/mol. The first kappa shape index (κ1) is 11.6. The molecule has 0 aromatic heterocycles. The minimum absolute atomic E-state index is 0.107. The summed E-state index contributed by atoms with van der Waals surface area (Å²) in [5.74, 6) is 0. The molecular weight excluding hydrogens is 219 g/mol. The molecule has 78 valence electrons. The standard InChI is InChI=1S/C10H14Cl2N2/c1-7(13)6-14(2)9-5-3-4-8(11)10(9)12/h3-5,7H,6,13H2,1-2H3. The lowest BCUT2D eigenvalue weighted by Crippen LogP contribution is -2.32. The highest BCUT2D eigenvalue weighted by molar-refractivity contribution is 6.43. The van der Waals surface area contributed by atoms with E-state index in [1.54, 1.807) is 6.07 Å². The number of likely N-dealkylation sites (N-methyl/N-ethyl adjacent to an activating group) is 1. The SMILES string of the molecule is CC(N)CN(C)c1cccc(Cl)c1Cl. The number of nitrogens with zero attached hydrogens (tertiary/aromatic N) is 1. The van der Waals surface area contributed by atoms with Crippen LogP contribution in [0.2, 0.25) is 10.0 Å². The van der Waals surface area contributed by atoms with Crippen molar-refractivity contribution in [2.45, 2.75) is 13.0 Å². The third kappa shape index (κ3) is 2.77. The first-order valence-electron chi connectivity index (χ1n) is 4.43. The Balaban J connectivity index is 2.89. The molecule has 0 bridgehead atoms. The average molecular weight is 233 g/mol. The summed E-state index contributed by atoms with van der Waals surface area (Å²) in [4.78, 5) is 2.00. The van der Waals surface area contributed by atoms with Crippen LogP contribution in [0.15, 0.2) is 18.2 Å². The molecule has 0 aliphatic heterocycles. The number of benzene rings is 1. The lowest BCUT2D eigenvalue weighted by atomic mass is 10.2. The number of halogens is 2. The molecule has 0 fully saturated rings. The van der Waals surface area contributed by atoms with Crippen molar-refractivity contribution in [3.8, 4) is 0 Å². The summed E-state index contributed by atoms with van der Waals surface area (Å²) >= 11 is 12.0. The van der Waals surface area contributed by atoms with Gasteiger partial charge >= 0.3 is 0 Å². The van der Waals surface area contributed by atoms with Gasteiger partial charge in [-0.1, -0.05) is 29.3 Å². The van der Waals surface area contributed by atoms with Crippen molar-refractivity contribution in [1.29, 1.82) is 0 Å². The van der Waals surface area contributed by atoms with E-state index in [4.69, 9.17) is 28.9 Å². The molecule has 0 radical (unpaired) electrons. The van der Waals surface area contributed by atoms with Gasteiger partial charge in [0.2, 0.25) is 0 Å². The van der Waals surface area contributed by atoms with Crippen molar-refractivity contribution in [2.75, 3.05) is 18.5 Å². The Morgan fingerprint density at radius 3 is 2.64 bits per heavy atom. The van der Waals surface area contributed by atoms with Crippen LogP contribution in [-0.4, -0.2) is 19.6 Å². The van der Waals surface area contributed by atoms with Gasteiger partial charge < -0.3 is 10.6 Å². The summed E-state index contributed by atoms with van der Waals surface area (Å²) in [6.45, 7) is 2.70. The van der Waals surface area contributed by atoms with Gasteiger partial charge in [-0.05, 0) is 19.1 Å². The van der Waals surface area contributed by atoms with Crippen molar-refractivity contribution >= 4 is 28.9 Å². The molecule has 1 atom stereocenters. The van der Waals surface area contributed by atoms with E-state index in [0.29, 0.717) is 10.0 Å². The zero-order valence-corrected chi connectivity index (χ0v) is 9.81. The smallest absolute Gasteiger partial charge is 0.0825 e. The third-order valence-corrected chi connectivity index (χ3v) is 2.71. The summed E-state index contributed by atoms with van der Waals surface area (Å²) in [6, 6.07) is 5.68. The molecule has 0 spiro atoms. The maximum Gasteiger partial charge on any atom is 0.0825 e. The Morgan fingerprint density at radius 2 is 2.07 bits per heavy atom. The Kier molecular flexibility index (Phi) is 4.05. The number of anilines is 1. The first-order chi connectivity index (χ1) is 6.52. The van der Waals surface area contributed by atoms with Crippen LogP contribution in [0, 0.1) is 0 Å². The van der Waals surface area contributed by atoms with E-state index in [9.17, 15) is 0 Å². The molecule has 1 rings (SSSR count). The highest BCUT2D eigenvalue weighted by Gasteiger charge is 2.09. The number of hydrogen-bond acceptors (Lipinski definition) is 2. The van der Waals surface area contributed by atoms with Crippen molar-refractivity contribution < 1.29 is 0 Å². The Labute approximate surface area is 94.6 Å². The molecule has 4 heteroatoms. The molecular formula is C10H14Cl2N2. The van der Waals surface area contributed by atoms with Gasteiger partial charge in [0.1, 0.15) is 0 Å². The van der Waals surface area contributed by atoms with Crippen LogP contribution in [-0.2, 0) is 0 Å². The molecule has 0 aliphatic carbocycles. The molecule has 2 N–H and O–H groups in total. The van der Waals surface area contributed by atoms with Gasteiger partial charge in [-0.25, -0.2) is 0 Å². The lowest BCUT2D eigenvalue weighted by molar-refractivity contribution is 0.718. The van der Waals surface area contributed by atoms with Crippen molar-refractivity contribution in [1.82, 2.24) is 0 Å². The van der Waals surface area contributed by atoms with E-state index in [-0.39, 0.29) is 6.04 Å². The van der Waals surface area contributed by atoms with Crippen molar-refractivity contribution in [3.05, 3.63) is 28.2 Å². The highest BCUT2D eigenvalue weighted by Crippen LogP contribution is 2.31. The molecule has 14 heavy (non-hydrogen) atoms. The van der Waals surface area contributed by atoms with E-state index in [1.165, 1.54) is 0 Å². The molecule has 1 unspecified atom stereocenters. The van der Waals surface area contributed by atoms with E-state index in [2.05, 4.69) is 0 Å². The van der Waals surface area contributed by atoms with Gasteiger partial charge in [-0.3, -0.25) is 0 Å². The van der Waals surface area contributed by atoms with Crippen molar-refractivity contribution in [2.24, 2.45) is 5.73 Å². The minimum Gasteiger partial charge on any atom is -0.372 e. The fourth-order valence-corrected chi connectivity index (χ4v) is 1.76. The fraction of sp³-hybridized carbons (Fsp3) is 0.400. The van der Waals surface area contributed by atoms with Gasteiger partial charge in [0.05, 0.1) is 15.7 Å². The molecule has 0 saturated carbocycles. The molecule has 0 amide bonds. The van der Waals surface area contributed by atoms with Crippen LogP contribution in [0.1, 0.15) is 6.92 Å². The fourth-order valence-electron chi connectivity index (χ4n) is 1.32. The largest absolute Gasteiger partial charge is 0.372 e. The second-order valence-electron chi connectivity index (χ2n) is 3.43. The van der Waals surface area contributed by atoms with E-state index in [1.807, 2.05) is 31.0 Å². The monoisotopic (exact) mass is 232 g/mol. The van der Waals surface area contributed by atoms with Crippen LogP contribution in [0.5, 0.6) is 0 Å². The first-order valence-corrected chi connectivity index (χ1v) is 5.18. The zero-order valence-electron chi connectivity index (χ0n) is 8.30. The quantitative estimate of drug-likeness (QED) is 0.869. The minimum atomic E-state index is 0.107. The molecule has 2 nitrogen and oxygen atoms in total. The van der Waals surface area contributed by atoms with E-state index < -0.39 is 0 Å². The van der Waals surface area contributed by atoms with Crippen molar-refractivity contribution in [3.63, 3.8) is 0 Å². The van der Waals surface area contributed by atoms with Crippen LogP contribution >= 0.6 is 23.2 Å². The van der Waals surface area contributed by atoms with E-state index in [0.717, 1.165) is 12.2 Å². The summed E-state index contributed by atoms with van der Waals surface area (Å²) in [5.41, 5.74) is 6.61. The predicted octanol–water partition coefficient (Wildman–Crippen LogP) is 2.78. The van der Waals surface area contributed by atoms with Gasteiger partial charge in [0, 0.05) is 19.6 Å². The molecule has 0 heterocycles. The summed E-state index contributed by atoms with van der Waals surface area (Å²) in [6.07, 6.45) is 0. The van der Waals surface area contributed by atoms with Crippen LogP contribution in [0.25, 0.3) is 0 Å². The molecule has 1 aromatic rings. The Morgan fingerprint density at radius 1 is 1.43 bits per heavy atom. The second kappa shape index (κ2) is 4.87. The molecule has 0 aliphatic rings. The third-order valence-electron chi connectivity index (χ3n) is 1.90. The normalized spacial score (nSPS) is 12.6. The maximum absolute atomic E-state index is 6.06. The van der Waals surface area contributed by atoms with Crippen LogP contribution < -0.4 is 10.6 Å². The number of nitrogens with two attached hydrogens (primary N) is 1. The highest BCUT2D eigenvalue weighted by atomic mass is 35.5. The second-order valence-corrected chi connectivity index (χ2v) is 4.22. The zero-order chi connectivity index (χ0) is 10.7. The average Bonchev–Trinajstić information content (AvgIpc) is 2.08. The maximum atomic E-state index is 6.06. The van der Waals surface area contributed by atoms with Gasteiger partial charge in [-0.15, -0.1) is 0 Å². The van der Waals surface area contributed by atoms with Crippen LogP contribution in [0.3, 0.4) is 0 Å². The summed E-state index contributed by atoms with van der Waals surface area (Å²) in [5, 5.41) is 1.15. The van der Waals surface area contributed by atoms with Gasteiger partial charge in [-0.2, -0.15) is 0 Å². The lowest BCUT2D eigenvalue weighted by Gasteiger charge is -2.22. The number of hydrogen-bond donors (Lipinski definition) is 1. The Hall–Kier alpha value is -0.440. The van der Waals surface area contributed by atoms with Gasteiger partial charge in [0.15, 0.2) is 0 Å². The van der Waals surface area contributed by atoms with E-state index >= 15 is 0 Å². The molecule has 1 aromatic carbocycles. The molecule has 0 saturated heterocycles. The van der Waals surface area contributed by atoms with Crippen LogP contribution in [0.4, 0.5) is 5.69 Å². The number of rotatable bonds is 3. The van der Waals surface area contributed by atoms with Gasteiger partial charge in [0.25, 0.3) is 0 Å².